The highest BCUT2D eigenvalue weighted by Crippen LogP contribution is 2.03. The van der Waals surface area contributed by atoms with Crippen molar-refractivity contribution in [2.45, 2.75) is 26.7 Å². The molecule has 0 saturated carbocycles. The van der Waals surface area contributed by atoms with Gasteiger partial charge in [0.25, 0.3) is 0 Å². The summed E-state index contributed by atoms with van der Waals surface area (Å²) in [7, 11) is 0. The molecule has 0 bridgehead atoms. The van der Waals surface area contributed by atoms with Gasteiger partial charge in [-0.2, -0.15) is 10.2 Å². The molecule has 0 saturated heterocycles. The van der Waals surface area contributed by atoms with Gasteiger partial charge in [0.2, 0.25) is 5.11 Å². The summed E-state index contributed by atoms with van der Waals surface area (Å²) >= 11 is 5.26. The number of hydrogen-bond acceptors (Lipinski definition) is 3. The molecule has 0 aliphatic rings. The second kappa shape index (κ2) is 12.4. The van der Waals surface area contributed by atoms with Crippen molar-refractivity contribution in [3.05, 3.63) is 83.9 Å². The van der Waals surface area contributed by atoms with Crippen molar-refractivity contribution in [3.8, 4) is 0 Å². The van der Waals surface area contributed by atoms with Crippen molar-refractivity contribution in [1.29, 1.82) is 0 Å². The fourth-order valence-electron chi connectivity index (χ4n) is 2.25. The van der Waals surface area contributed by atoms with Crippen LogP contribution in [0.25, 0.3) is 12.2 Å². The number of benzene rings is 2. The van der Waals surface area contributed by atoms with E-state index >= 15 is 0 Å². The Balaban J connectivity index is 1.90. The van der Waals surface area contributed by atoms with Crippen LogP contribution in [0.5, 0.6) is 0 Å². The smallest absolute Gasteiger partial charge is 0.207 e. The molecule has 0 amide bonds. The standard InChI is InChI=1S/C23H26N4S/c1-3-21(17-15-19-11-7-5-8-12-19)24-26-23(28)27-25-22(4-2)18-16-20-13-9-6-10-14-20/h5-18H,3-4H2,1-2H3,(H2,26,27,28)/b17-15+,18-16+,24-21+,25-22+. The van der Waals surface area contributed by atoms with Crippen LogP contribution in [-0.2, 0) is 0 Å². The average molecular weight is 391 g/mol. The Morgan fingerprint density at radius 3 is 1.50 bits per heavy atom. The number of nitrogens with one attached hydrogen (secondary N) is 2. The summed E-state index contributed by atoms with van der Waals surface area (Å²) < 4.78 is 0. The van der Waals surface area contributed by atoms with Crippen molar-refractivity contribution in [2.24, 2.45) is 10.2 Å². The van der Waals surface area contributed by atoms with Gasteiger partial charge < -0.3 is 0 Å². The largest absolute Gasteiger partial charge is 0.252 e. The van der Waals surface area contributed by atoms with Gasteiger partial charge in [0.1, 0.15) is 0 Å². The molecule has 0 atom stereocenters. The first-order valence-electron chi connectivity index (χ1n) is 9.36. The zero-order valence-corrected chi connectivity index (χ0v) is 17.1. The minimum Gasteiger partial charge on any atom is -0.252 e. The van der Waals surface area contributed by atoms with Crippen LogP contribution in [0.1, 0.15) is 37.8 Å². The lowest BCUT2D eigenvalue weighted by atomic mass is 10.2. The summed E-state index contributed by atoms with van der Waals surface area (Å²) in [6.45, 7) is 4.10. The molecular formula is C23H26N4S. The monoisotopic (exact) mass is 390 g/mol. The van der Waals surface area contributed by atoms with Gasteiger partial charge in [-0.05, 0) is 48.3 Å². The Bertz CT molecular complexity index is 781. The van der Waals surface area contributed by atoms with Crippen molar-refractivity contribution >= 4 is 40.9 Å². The predicted octanol–water partition coefficient (Wildman–Crippen LogP) is 5.41. The van der Waals surface area contributed by atoms with Crippen molar-refractivity contribution in [1.82, 2.24) is 10.9 Å². The molecule has 2 rings (SSSR count). The predicted molar refractivity (Wildman–Crippen MR) is 125 cm³/mol. The molecule has 0 spiro atoms. The lowest BCUT2D eigenvalue weighted by molar-refractivity contribution is 0.918. The molecule has 2 aromatic rings. The van der Waals surface area contributed by atoms with Gasteiger partial charge in [0.15, 0.2) is 0 Å². The molecular weight excluding hydrogens is 364 g/mol. The molecule has 0 aromatic heterocycles. The van der Waals surface area contributed by atoms with Gasteiger partial charge in [-0.1, -0.05) is 86.7 Å². The lowest BCUT2D eigenvalue weighted by Crippen LogP contribution is -2.29. The highest BCUT2D eigenvalue weighted by atomic mass is 32.1. The van der Waals surface area contributed by atoms with Gasteiger partial charge in [-0.15, -0.1) is 0 Å². The van der Waals surface area contributed by atoms with Crippen LogP contribution in [0.3, 0.4) is 0 Å². The molecule has 144 valence electrons. The van der Waals surface area contributed by atoms with Crippen LogP contribution < -0.4 is 10.9 Å². The summed E-state index contributed by atoms with van der Waals surface area (Å²) in [6.07, 6.45) is 9.61. The molecule has 28 heavy (non-hydrogen) atoms. The molecule has 2 aromatic carbocycles. The first kappa shape index (κ1) is 21.3. The minimum absolute atomic E-state index is 0.359. The molecule has 2 N–H and O–H groups in total. The fourth-order valence-corrected chi connectivity index (χ4v) is 2.34. The number of rotatable bonds is 8. The topological polar surface area (TPSA) is 48.8 Å². The van der Waals surface area contributed by atoms with Gasteiger partial charge in [-0.25, -0.2) is 0 Å². The first-order valence-corrected chi connectivity index (χ1v) is 9.77. The number of nitrogens with zero attached hydrogens (tertiary/aromatic N) is 2. The van der Waals surface area contributed by atoms with E-state index in [4.69, 9.17) is 12.2 Å². The Hall–Kier alpha value is -3.05. The van der Waals surface area contributed by atoms with E-state index in [9.17, 15) is 0 Å². The summed E-state index contributed by atoms with van der Waals surface area (Å²) in [6, 6.07) is 20.2. The molecule has 5 heteroatoms. The molecule has 0 heterocycles. The van der Waals surface area contributed by atoms with E-state index in [1.165, 1.54) is 0 Å². The normalized spacial score (nSPS) is 12.5. The second-order valence-corrected chi connectivity index (χ2v) is 6.36. The van der Waals surface area contributed by atoms with E-state index in [1.54, 1.807) is 0 Å². The highest BCUT2D eigenvalue weighted by molar-refractivity contribution is 7.80. The fraction of sp³-hybridized carbons (Fsp3) is 0.174. The van der Waals surface area contributed by atoms with Gasteiger partial charge in [0, 0.05) is 0 Å². The maximum Gasteiger partial charge on any atom is 0.207 e. The highest BCUT2D eigenvalue weighted by Gasteiger charge is 1.96. The quantitative estimate of drug-likeness (QED) is 0.360. The Labute approximate surface area is 172 Å². The molecule has 4 nitrogen and oxygen atoms in total. The molecule has 0 radical (unpaired) electrons. The number of allylic oxidation sites excluding steroid dienone is 2. The zero-order chi connectivity index (χ0) is 20.0. The Morgan fingerprint density at radius 2 is 1.14 bits per heavy atom. The maximum atomic E-state index is 5.26. The van der Waals surface area contributed by atoms with E-state index < -0.39 is 0 Å². The van der Waals surface area contributed by atoms with Crippen LogP contribution in [0, 0.1) is 0 Å². The summed E-state index contributed by atoms with van der Waals surface area (Å²) in [4.78, 5) is 0. The van der Waals surface area contributed by atoms with Gasteiger partial charge in [0.05, 0.1) is 11.4 Å². The van der Waals surface area contributed by atoms with E-state index in [0.29, 0.717) is 5.11 Å². The second-order valence-electron chi connectivity index (χ2n) is 5.95. The number of thiocarbonyl (C=S) groups is 1. The van der Waals surface area contributed by atoms with E-state index in [0.717, 1.165) is 35.4 Å². The minimum atomic E-state index is 0.359. The van der Waals surface area contributed by atoms with Crippen LogP contribution in [0.15, 0.2) is 83.0 Å². The third-order valence-corrected chi connectivity index (χ3v) is 4.04. The van der Waals surface area contributed by atoms with Crippen molar-refractivity contribution in [2.75, 3.05) is 0 Å². The SMILES string of the molecule is CCC(/C=C/c1ccccc1)=N\NC(=S)N/N=C(/C=C/c1ccccc1)CC. The Kier molecular flexibility index (Phi) is 9.38. The lowest BCUT2D eigenvalue weighted by Gasteiger charge is -2.05. The number of hydrazone groups is 2. The Morgan fingerprint density at radius 1 is 0.750 bits per heavy atom. The van der Waals surface area contributed by atoms with Crippen molar-refractivity contribution in [3.63, 3.8) is 0 Å². The third-order valence-electron chi connectivity index (χ3n) is 3.86. The average Bonchev–Trinajstić information content (AvgIpc) is 2.75. The molecule has 0 aliphatic carbocycles. The zero-order valence-electron chi connectivity index (χ0n) is 16.3. The van der Waals surface area contributed by atoms with E-state index in [1.807, 2.05) is 98.8 Å². The van der Waals surface area contributed by atoms with Crippen LogP contribution >= 0.6 is 12.2 Å². The first-order chi connectivity index (χ1) is 13.7. The molecule has 0 fully saturated rings. The maximum absolute atomic E-state index is 5.26. The molecule has 0 unspecified atom stereocenters. The summed E-state index contributed by atoms with van der Waals surface area (Å²) in [5.74, 6) is 0. The van der Waals surface area contributed by atoms with Gasteiger partial charge >= 0.3 is 0 Å². The number of hydrogen-bond donors (Lipinski definition) is 2. The van der Waals surface area contributed by atoms with Crippen LogP contribution in [0.4, 0.5) is 0 Å². The van der Waals surface area contributed by atoms with Crippen LogP contribution in [0.2, 0.25) is 0 Å². The van der Waals surface area contributed by atoms with Crippen molar-refractivity contribution < 1.29 is 0 Å². The van der Waals surface area contributed by atoms with Gasteiger partial charge in [-0.3, -0.25) is 10.9 Å². The van der Waals surface area contributed by atoms with E-state index in [-0.39, 0.29) is 0 Å². The summed E-state index contributed by atoms with van der Waals surface area (Å²) in [5.41, 5.74) is 9.76. The third kappa shape index (κ3) is 8.10. The summed E-state index contributed by atoms with van der Waals surface area (Å²) in [5, 5.41) is 9.05. The van der Waals surface area contributed by atoms with Crippen LogP contribution in [-0.4, -0.2) is 16.5 Å². The van der Waals surface area contributed by atoms with E-state index in [2.05, 4.69) is 21.1 Å². The molecule has 0 aliphatic heterocycles.